The van der Waals surface area contributed by atoms with E-state index >= 15 is 0 Å². The number of hydrogen-bond donors (Lipinski definition) is 1. The first kappa shape index (κ1) is 15.2. The molecule has 1 N–H and O–H groups in total. The molecule has 5 nitrogen and oxygen atoms in total. The van der Waals surface area contributed by atoms with Crippen molar-refractivity contribution in [3.8, 4) is 0 Å². The number of carboxylic acid groups (broad SMARTS) is 1. The molecular formula is C15H16N2O3S. The van der Waals surface area contributed by atoms with Gasteiger partial charge in [0.25, 0.3) is 5.91 Å². The summed E-state index contributed by atoms with van der Waals surface area (Å²) in [7, 11) is 0. The average Bonchev–Trinajstić information content (AvgIpc) is 2.87. The molecule has 0 saturated heterocycles. The lowest BCUT2D eigenvalue weighted by molar-refractivity contribution is -0.136. The summed E-state index contributed by atoms with van der Waals surface area (Å²) in [5, 5.41) is 11.4. The van der Waals surface area contributed by atoms with Gasteiger partial charge in [-0.1, -0.05) is 18.2 Å². The molecule has 0 aliphatic heterocycles. The highest BCUT2D eigenvalue weighted by atomic mass is 32.1. The van der Waals surface area contributed by atoms with Crippen molar-refractivity contribution in [3.05, 3.63) is 45.9 Å². The van der Waals surface area contributed by atoms with E-state index in [1.54, 1.807) is 5.38 Å². The number of carboxylic acids is 1. The molecule has 1 aromatic heterocycles. The molecule has 1 amide bonds. The van der Waals surface area contributed by atoms with Gasteiger partial charge in [0.1, 0.15) is 5.69 Å². The van der Waals surface area contributed by atoms with Crippen LogP contribution in [0.1, 0.15) is 27.5 Å². The van der Waals surface area contributed by atoms with E-state index in [9.17, 15) is 9.59 Å². The Balaban J connectivity index is 2.34. The number of aryl methyl sites for hydroxylation is 2. The van der Waals surface area contributed by atoms with Crippen molar-refractivity contribution in [1.29, 1.82) is 0 Å². The standard InChI is InChI=1S/C15H16N2O3S/c1-10-5-3-4-6-13(10)17(8-7-14(18)19)15(20)12-9-21-11(2)16-12/h3-6,9H,7-8H2,1-2H3,(H,18,19). The van der Waals surface area contributed by atoms with Gasteiger partial charge in [-0.05, 0) is 25.5 Å². The van der Waals surface area contributed by atoms with Crippen LogP contribution >= 0.6 is 11.3 Å². The summed E-state index contributed by atoms with van der Waals surface area (Å²) in [6.07, 6.45) is -0.108. The fourth-order valence-electron chi connectivity index (χ4n) is 2.01. The molecule has 0 spiro atoms. The Hall–Kier alpha value is -2.21. The maximum absolute atomic E-state index is 12.6. The van der Waals surface area contributed by atoms with E-state index in [4.69, 9.17) is 5.11 Å². The maximum Gasteiger partial charge on any atom is 0.305 e. The number of para-hydroxylation sites is 1. The van der Waals surface area contributed by atoms with Crippen LogP contribution in [0.4, 0.5) is 5.69 Å². The number of hydrogen-bond acceptors (Lipinski definition) is 4. The van der Waals surface area contributed by atoms with Crippen molar-refractivity contribution in [2.24, 2.45) is 0 Å². The Morgan fingerprint density at radius 1 is 1.29 bits per heavy atom. The number of benzene rings is 1. The minimum Gasteiger partial charge on any atom is -0.481 e. The summed E-state index contributed by atoms with van der Waals surface area (Å²) in [5.41, 5.74) is 1.99. The van der Waals surface area contributed by atoms with Crippen LogP contribution in [0.15, 0.2) is 29.6 Å². The minimum absolute atomic E-state index is 0.108. The molecule has 0 aliphatic rings. The molecule has 0 atom stereocenters. The molecule has 0 fully saturated rings. The van der Waals surface area contributed by atoms with Gasteiger partial charge in [0.05, 0.1) is 11.4 Å². The largest absolute Gasteiger partial charge is 0.481 e. The molecule has 2 rings (SSSR count). The second kappa shape index (κ2) is 6.49. The molecule has 0 aliphatic carbocycles. The number of thiazole rings is 1. The number of carbonyl (C=O) groups is 2. The molecular weight excluding hydrogens is 288 g/mol. The van der Waals surface area contributed by atoms with E-state index in [-0.39, 0.29) is 18.9 Å². The van der Waals surface area contributed by atoms with E-state index in [2.05, 4.69) is 4.98 Å². The topological polar surface area (TPSA) is 70.5 Å². The molecule has 6 heteroatoms. The lowest BCUT2D eigenvalue weighted by Gasteiger charge is -2.23. The minimum atomic E-state index is -0.934. The Morgan fingerprint density at radius 3 is 2.57 bits per heavy atom. The predicted octanol–water partition coefficient (Wildman–Crippen LogP) is 2.88. The third kappa shape index (κ3) is 3.66. The number of anilines is 1. The molecule has 0 bridgehead atoms. The SMILES string of the molecule is Cc1nc(C(=O)N(CCC(=O)O)c2ccccc2C)cs1. The number of rotatable bonds is 5. The number of amides is 1. The van der Waals surface area contributed by atoms with Gasteiger partial charge >= 0.3 is 5.97 Å². The van der Waals surface area contributed by atoms with Crippen molar-refractivity contribution in [2.45, 2.75) is 20.3 Å². The van der Waals surface area contributed by atoms with Crippen molar-refractivity contribution in [1.82, 2.24) is 4.98 Å². The number of aromatic nitrogens is 1. The van der Waals surface area contributed by atoms with Crippen LogP contribution in [0.25, 0.3) is 0 Å². The Kier molecular flexibility index (Phi) is 4.70. The molecule has 1 heterocycles. The fourth-order valence-corrected chi connectivity index (χ4v) is 2.59. The van der Waals surface area contributed by atoms with E-state index < -0.39 is 5.97 Å². The predicted molar refractivity (Wildman–Crippen MR) is 82.0 cm³/mol. The maximum atomic E-state index is 12.6. The van der Waals surface area contributed by atoms with Crippen molar-refractivity contribution >= 4 is 28.9 Å². The second-order valence-electron chi connectivity index (χ2n) is 4.64. The van der Waals surface area contributed by atoms with Gasteiger partial charge in [0, 0.05) is 17.6 Å². The Bertz CT molecular complexity index is 666. The molecule has 0 radical (unpaired) electrons. The van der Waals surface area contributed by atoms with Gasteiger partial charge in [-0.15, -0.1) is 11.3 Å². The lowest BCUT2D eigenvalue weighted by Crippen LogP contribution is -2.33. The summed E-state index contributed by atoms with van der Waals surface area (Å²) in [4.78, 5) is 29.1. The zero-order valence-electron chi connectivity index (χ0n) is 11.9. The van der Waals surface area contributed by atoms with Crippen LogP contribution < -0.4 is 4.90 Å². The number of nitrogens with zero attached hydrogens (tertiary/aromatic N) is 2. The van der Waals surface area contributed by atoms with E-state index in [0.29, 0.717) is 5.69 Å². The van der Waals surface area contributed by atoms with Crippen LogP contribution in [0.3, 0.4) is 0 Å². The third-order valence-electron chi connectivity index (χ3n) is 3.04. The number of carbonyl (C=O) groups excluding carboxylic acids is 1. The summed E-state index contributed by atoms with van der Waals surface area (Å²) < 4.78 is 0. The van der Waals surface area contributed by atoms with Crippen molar-refractivity contribution in [3.63, 3.8) is 0 Å². The summed E-state index contributed by atoms with van der Waals surface area (Å²) >= 11 is 1.40. The third-order valence-corrected chi connectivity index (χ3v) is 3.81. The van der Waals surface area contributed by atoms with Crippen LogP contribution in [-0.4, -0.2) is 28.5 Å². The quantitative estimate of drug-likeness (QED) is 0.922. The van der Waals surface area contributed by atoms with Crippen molar-refractivity contribution in [2.75, 3.05) is 11.4 Å². The molecule has 1 aromatic carbocycles. The summed E-state index contributed by atoms with van der Waals surface area (Å²) in [6, 6.07) is 7.42. The smallest absolute Gasteiger partial charge is 0.305 e. The zero-order valence-corrected chi connectivity index (χ0v) is 12.7. The molecule has 2 aromatic rings. The fraction of sp³-hybridized carbons (Fsp3) is 0.267. The highest BCUT2D eigenvalue weighted by Crippen LogP contribution is 2.22. The zero-order chi connectivity index (χ0) is 15.4. The molecule has 21 heavy (non-hydrogen) atoms. The monoisotopic (exact) mass is 304 g/mol. The first-order valence-corrected chi connectivity index (χ1v) is 7.38. The Morgan fingerprint density at radius 2 is 2.00 bits per heavy atom. The van der Waals surface area contributed by atoms with Crippen LogP contribution in [0.5, 0.6) is 0 Å². The summed E-state index contributed by atoms with van der Waals surface area (Å²) in [6.45, 7) is 3.84. The van der Waals surface area contributed by atoms with Crippen molar-refractivity contribution < 1.29 is 14.7 Å². The average molecular weight is 304 g/mol. The highest BCUT2D eigenvalue weighted by molar-refractivity contribution is 7.09. The van der Waals surface area contributed by atoms with Crippen LogP contribution in [0, 0.1) is 13.8 Å². The van der Waals surface area contributed by atoms with Crippen LogP contribution in [-0.2, 0) is 4.79 Å². The Labute approximate surface area is 126 Å². The van der Waals surface area contributed by atoms with Gasteiger partial charge < -0.3 is 10.0 Å². The summed E-state index contributed by atoms with van der Waals surface area (Å²) in [5.74, 6) is -1.20. The lowest BCUT2D eigenvalue weighted by atomic mass is 10.1. The molecule has 110 valence electrons. The van der Waals surface area contributed by atoms with E-state index in [0.717, 1.165) is 16.3 Å². The van der Waals surface area contributed by atoms with E-state index in [1.165, 1.54) is 16.2 Å². The van der Waals surface area contributed by atoms with Gasteiger partial charge in [0.2, 0.25) is 0 Å². The van der Waals surface area contributed by atoms with Gasteiger partial charge in [0.15, 0.2) is 0 Å². The van der Waals surface area contributed by atoms with Gasteiger partial charge in [-0.25, -0.2) is 4.98 Å². The first-order chi connectivity index (χ1) is 9.99. The van der Waals surface area contributed by atoms with Crippen LogP contribution in [0.2, 0.25) is 0 Å². The number of aliphatic carboxylic acids is 1. The molecule has 0 saturated carbocycles. The normalized spacial score (nSPS) is 10.4. The van der Waals surface area contributed by atoms with E-state index in [1.807, 2.05) is 38.1 Å². The van der Waals surface area contributed by atoms with Gasteiger partial charge in [-0.2, -0.15) is 0 Å². The van der Waals surface area contributed by atoms with Gasteiger partial charge in [-0.3, -0.25) is 9.59 Å². The highest BCUT2D eigenvalue weighted by Gasteiger charge is 2.21. The first-order valence-electron chi connectivity index (χ1n) is 6.50. The second-order valence-corrected chi connectivity index (χ2v) is 5.70. The molecule has 0 unspecified atom stereocenters.